The van der Waals surface area contributed by atoms with Crippen molar-refractivity contribution >= 4 is 75.0 Å². The molecule has 2 heterocycles. The van der Waals surface area contributed by atoms with Crippen LogP contribution in [0.2, 0.25) is 0 Å². The van der Waals surface area contributed by atoms with Gasteiger partial charge in [-0.2, -0.15) is 0 Å². The molecule has 0 amide bonds. The van der Waals surface area contributed by atoms with Gasteiger partial charge in [-0.05, 0) is 68.1 Å². The summed E-state index contributed by atoms with van der Waals surface area (Å²) in [4.78, 5) is 0. The normalized spacial score (nSPS) is 11.9. The van der Waals surface area contributed by atoms with Crippen LogP contribution in [0.5, 0.6) is 0 Å². The quantitative estimate of drug-likeness (QED) is 0.196. The number of fused-ring (bicyclic) bond motifs is 8. The summed E-state index contributed by atoms with van der Waals surface area (Å²) in [6.07, 6.45) is 0. The van der Waals surface area contributed by atoms with Crippen molar-refractivity contribution in [3.63, 3.8) is 0 Å². The Morgan fingerprint density at radius 3 is 1.85 bits per heavy atom. The zero-order valence-corrected chi connectivity index (χ0v) is 25.6. The Kier molecular flexibility index (Phi) is 5.51. The Labute approximate surface area is 269 Å². The van der Waals surface area contributed by atoms with E-state index in [0.717, 1.165) is 27.5 Å². The van der Waals surface area contributed by atoms with Crippen LogP contribution in [0.1, 0.15) is 0 Å². The third-order valence-corrected chi connectivity index (χ3v) is 10.6. The van der Waals surface area contributed by atoms with E-state index in [2.05, 4.69) is 158 Å². The predicted octanol–water partition coefficient (Wildman–Crippen LogP) is 13.3. The molecule has 0 N–H and O–H groups in total. The molecule has 0 aliphatic heterocycles. The molecule has 2 aromatic heterocycles. The fourth-order valence-corrected chi connectivity index (χ4v) is 8.49. The van der Waals surface area contributed by atoms with Crippen LogP contribution in [-0.4, -0.2) is 0 Å². The summed E-state index contributed by atoms with van der Waals surface area (Å²) in [6.45, 7) is 0. The Balaban J connectivity index is 1.26. The van der Waals surface area contributed by atoms with Crippen LogP contribution in [0.15, 0.2) is 162 Å². The summed E-state index contributed by atoms with van der Waals surface area (Å²) >= 11 is 1.85. The number of thiophene rings is 1. The van der Waals surface area contributed by atoms with Gasteiger partial charge in [0.25, 0.3) is 0 Å². The van der Waals surface area contributed by atoms with E-state index in [-0.39, 0.29) is 0 Å². The summed E-state index contributed by atoms with van der Waals surface area (Å²) in [5, 5.41) is 9.84. The first kappa shape index (κ1) is 25.6. The van der Waals surface area contributed by atoms with Crippen molar-refractivity contribution in [1.29, 1.82) is 0 Å². The molecule has 10 aromatic rings. The summed E-state index contributed by atoms with van der Waals surface area (Å²) in [5.74, 6) is 0. The van der Waals surface area contributed by atoms with Crippen molar-refractivity contribution in [2.75, 3.05) is 0 Å². The molecule has 10 rings (SSSR count). The largest absolute Gasteiger partial charge is 0.455 e. The van der Waals surface area contributed by atoms with E-state index < -0.39 is 0 Å². The van der Waals surface area contributed by atoms with E-state index in [1.165, 1.54) is 69.5 Å². The first-order chi connectivity index (χ1) is 22.8. The van der Waals surface area contributed by atoms with Gasteiger partial charge >= 0.3 is 0 Å². The summed E-state index contributed by atoms with van der Waals surface area (Å²) in [6, 6.07) is 57.2. The molecule has 0 saturated carbocycles. The fraction of sp³-hybridized carbons (Fsp3) is 0. The highest BCUT2D eigenvalue weighted by Gasteiger charge is 2.22. The van der Waals surface area contributed by atoms with E-state index in [9.17, 15) is 0 Å². The number of rotatable bonds is 3. The van der Waals surface area contributed by atoms with Crippen molar-refractivity contribution in [2.45, 2.75) is 0 Å². The molecule has 0 aliphatic carbocycles. The molecular formula is C44H26OS. The molecule has 2 heteroatoms. The summed E-state index contributed by atoms with van der Waals surface area (Å²) in [5.41, 5.74) is 9.03. The second kappa shape index (κ2) is 9.90. The van der Waals surface area contributed by atoms with Crippen molar-refractivity contribution in [3.8, 4) is 33.4 Å². The van der Waals surface area contributed by atoms with Gasteiger partial charge in [-0.3, -0.25) is 0 Å². The zero-order chi connectivity index (χ0) is 30.2. The van der Waals surface area contributed by atoms with Crippen LogP contribution in [0, 0.1) is 0 Å². The lowest BCUT2D eigenvalue weighted by Gasteiger charge is -2.15. The Morgan fingerprint density at radius 1 is 0.391 bits per heavy atom. The molecule has 0 unspecified atom stereocenters. The Hall–Kier alpha value is -5.70. The molecule has 8 aromatic carbocycles. The lowest BCUT2D eigenvalue weighted by atomic mass is 9.87. The monoisotopic (exact) mass is 602 g/mol. The van der Waals surface area contributed by atoms with Crippen LogP contribution in [0.3, 0.4) is 0 Å². The maximum Gasteiger partial charge on any atom is 0.144 e. The smallest absolute Gasteiger partial charge is 0.144 e. The highest BCUT2D eigenvalue weighted by atomic mass is 32.1. The van der Waals surface area contributed by atoms with Crippen molar-refractivity contribution in [3.05, 3.63) is 158 Å². The van der Waals surface area contributed by atoms with Crippen molar-refractivity contribution in [2.24, 2.45) is 0 Å². The molecule has 0 radical (unpaired) electrons. The molecule has 0 spiro atoms. The zero-order valence-electron chi connectivity index (χ0n) is 24.8. The second-order valence-electron chi connectivity index (χ2n) is 12.0. The highest BCUT2D eigenvalue weighted by Crippen LogP contribution is 2.48. The van der Waals surface area contributed by atoms with Gasteiger partial charge in [-0.25, -0.2) is 0 Å². The van der Waals surface area contributed by atoms with E-state index in [1.807, 2.05) is 11.3 Å². The number of benzene rings is 8. The molecule has 1 nitrogen and oxygen atoms in total. The van der Waals surface area contributed by atoms with Crippen LogP contribution >= 0.6 is 11.3 Å². The van der Waals surface area contributed by atoms with Crippen molar-refractivity contribution in [1.82, 2.24) is 0 Å². The maximum atomic E-state index is 6.83. The van der Waals surface area contributed by atoms with Crippen LogP contribution in [0.4, 0.5) is 0 Å². The standard InChI is InChI=1S/C44H26OS/c1-2-12-31-27(10-1)11-9-17-32(31)28-20-22-29(23-21-28)41-34-14-3-4-15-35(34)42(44-43(41)36-16-5-7-18-38(36)45-44)30-24-25-40-37(26-30)33-13-6-8-19-39(33)46-40/h1-26H. The molecule has 0 bridgehead atoms. The van der Waals surface area contributed by atoms with Crippen LogP contribution in [0.25, 0.3) is 97.0 Å². The SMILES string of the molecule is c1ccc2c(-c3ccc(-c4c5ccccc5c(-c5ccc6sc7ccccc7c6c5)c5oc6ccccc6c45)cc3)cccc2c1. The van der Waals surface area contributed by atoms with Gasteiger partial charge in [0.1, 0.15) is 11.2 Å². The first-order valence-corrected chi connectivity index (χ1v) is 16.5. The molecule has 0 fully saturated rings. The third-order valence-electron chi connectivity index (χ3n) is 9.48. The summed E-state index contributed by atoms with van der Waals surface area (Å²) < 4.78 is 9.45. The first-order valence-electron chi connectivity index (χ1n) is 15.7. The molecular weight excluding hydrogens is 577 g/mol. The van der Waals surface area contributed by atoms with Gasteiger partial charge in [-0.1, -0.05) is 133 Å². The predicted molar refractivity (Wildman–Crippen MR) is 198 cm³/mol. The third kappa shape index (κ3) is 3.74. The molecule has 0 saturated heterocycles. The molecule has 214 valence electrons. The van der Waals surface area contributed by atoms with E-state index in [4.69, 9.17) is 4.42 Å². The van der Waals surface area contributed by atoms with E-state index in [1.54, 1.807) is 0 Å². The molecule has 0 aliphatic rings. The minimum atomic E-state index is 0.907. The van der Waals surface area contributed by atoms with Gasteiger partial charge in [0.2, 0.25) is 0 Å². The lowest BCUT2D eigenvalue weighted by molar-refractivity contribution is 0.670. The van der Waals surface area contributed by atoms with E-state index in [0.29, 0.717) is 0 Å². The van der Waals surface area contributed by atoms with Crippen LogP contribution < -0.4 is 0 Å². The lowest BCUT2D eigenvalue weighted by Crippen LogP contribution is -1.89. The number of para-hydroxylation sites is 1. The Bertz CT molecular complexity index is 2790. The average Bonchev–Trinajstić information content (AvgIpc) is 3.69. The van der Waals surface area contributed by atoms with Gasteiger partial charge in [0.15, 0.2) is 0 Å². The molecule has 0 atom stereocenters. The van der Waals surface area contributed by atoms with Gasteiger partial charge in [0.05, 0.1) is 0 Å². The Morgan fingerprint density at radius 2 is 1.00 bits per heavy atom. The van der Waals surface area contributed by atoms with Gasteiger partial charge in [0, 0.05) is 42.1 Å². The number of furan rings is 1. The highest BCUT2D eigenvalue weighted by molar-refractivity contribution is 7.25. The minimum absolute atomic E-state index is 0.907. The average molecular weight is 603 g/mol. The maximum absolute atomic E-state index is 6.83. The minimum Gasteiger partial charge on any atom is -0.455 e. The van der Waals surface area contributed by atoms with E-state index >= 15 is 0 Å². The van der Waals surface area contributed by atoms with Gasteiger partial charge in [-0.15, -0.1) is 11.3 Å². The fourth-order valence-electron chi connectivity index (χ4n) is 7.41. The van der Waals surface area contributed by atoms with Crippen LogP contribution in [-0.2, 0) is 0 Å². The summed E-state index contributed by atoms with van der Waals surface area (Å²) in [7, 11) is 0. The number of hydrogen-bond acceptors (Lipinski definition) is 2. The topological polar surface area (TPSA) is 13.1 Å². The molecule has 46 heavy (non-hydrogen) atoms. The second-order valence-corrected chi connectivity index (χ2v) is 13.1. The van der Waals surface area contributed by atoms with Crippen molar-refractivity contribution < 1.29 is 4.42 Å². The number of hydrogen-bond donors (Lipinski definition) is 0. The van der Waals surface area contributed by atoms with Gasteiger partial charge < -0.3 is 4.42 Å².